The molecule has 0 radical (unpaired) electrons. The SMILES string of the molecule is Oc1cc(-c2ccc3c(c2)OCO3)ccc1Cl. The Morgan fingerprint density at radius 2 is 1.65 bits per heavy atom. The maximum absolute atomic E-state index is 9.57. The number of phenols is 1. The molecule has 0 bridgehead atoms. The van der Waals surface area contributed by atoms with Crippen molar-refractivity contribution in [1.29, 1.82) is 0 Å². The first-order valence-corrected chi connectivity index (χ1v) is 5.50. The summed E-state index contributed by atoms with van der Waals surface area (Å²) in [7, 11) is 0. The zero-order valence-electron chi connectivity index (χ0n) is 8.81. The van der Waals surface area contributed by atoms with Gasteiger partial charge in [0.25, 0.3) is 0 Å². The Bertz CT molecular complexity index is 581. The summed E-state index contributed by atoms with van der Waals surface area (Å²) in [6.45, 7) is 0.255. The largest absolute Gasteiger partial charge is 0.506 e. The fraction of sp³-hybridized carbons (Fsp3) is 0.0769. The lowest BCUT2D eigenvalue weighted by molar-refractivity contribution is 0.174. The highest BCUT2D eigenvalue weighted by Gasteiger charge is 2.14. The number of hydrogen-bond donors (Lipinski definition) is 1. The molecule has 0 saturated heterocycles. The standard InChI is InChI=1S/C13H9ClO3/c14-10-3-1-8(5-11(10)15)9-2-4-12-13(6-9)17-7-16-12/h1-6,15H,7H2. The van der Waals surface area contributed by atoms with Crippen molar-refractivity contribution in [3.8, 4) is 28.4 Å². The molecule has 3 nitrogen and oxygen atoms in total. The third-order valence-electron chi connectivity index (χ3n) is 2.65. The van der Waals surface area contributed by atoms with Crippen LogP contribution in [0.2, 0.25) is 5.02 Å². The van der Waals surface area contributed by atoms with Gasteiger partial charge in [-0.3, -0.25) is 0 Å². The van der Waals surface area contributed by atoms with Crippen LogP contribution in [0, 0.1) is 0 Å². The predicted molar refractivity (Wildman–Crippen MR) is 64.7 cm³/mol. The summed E-state index contributed by atoms with van der Waals surface area (Å²) in [6.07, 6.45) is 0. The van der Waals surface area contributed by atoms with Crippen molar-refractivity contribution in [3.05, 3.63) is 41.4 Å². The van der Waals surface area contributed by atoms with Crippen molar-refractivity contribution in [2.24, 2.45) is 0 Å². The van der Waals surface area contributed by atoms with Gasteiger partial charge in [-0.05, 0) is 35.4 Å². The molecule has 1 aliphatic heterocycles. The van der Waals surface area contributed by atoms with Gasteiger partial charge in [0.2, 0.25) is 6.79 Å². The zero-order valence-corrected chi connectivity index (χ0v) is 9.57. The van der Waals surface area contributed by atoms with Crippen LogP contribution >= 0.6 is 11.6 Å². The first kappa shape index (κ1) is 10.3. The molecule has 0 atom stereocenters. The third kappa shape index (κ3) is 1.78. The Labute approximate surface area is 103 Å². The monoisotopic (exact) mass is 248 g/mol. The van der Waals surface area contributed by atoms with Gasteiger partial charge in [0.05, 0.1) is 5.02 Å². The minimum absolute atomic E-state index is 0.0711. The van der Waals surface area contributed by atoms with Crippen LogP contribution in [-0.4, -0.2) is 11.9 Å². The van der Waals surface area contributed by atoms with E-state index in [0.717, 1.165) is 22.6 Å². The topological polar surface area (TPSA) is 38.7 Å². The minimum Gasteiger partial charge on any atom is -0.506 e. The van der Waals surface area contributed by atoms with Crippen LogP contribution in [0.25, 0.3) is 11.1 Å². The lowest BCUT2D eigenvalue weighted by Gasteiger charge is -2.05. The molecule has 1 heterocycles. The zero-order chi connectivity index (χ0) is 11.8. The highest BCUT2D eigenvalue weighted by Crippen LogP contribution is 2.37. The van der Waals surface area contributed by atoms with Crippen molar-refractivity contribution in [1.82, 2.24) is 0 Å². The fourth-order valence-corrected chi connectivity index (χ4v) is 1.89. The second kappa shape index (κ2) is 3.86. The summed E-state index contributed by atoms with van der Waals surface area (Å²) >= 11 is 5.77. The van der Waals surface area contributed by atoms with E-state index in [-0.39, 0.29) is 12.5 Å². The summed E-state index contributed by atoms with van der Waals surface area (Å²) < 4.78 is 10.5. The van der Waals surface area contributed by atoms with Gasteiger partial charge >= 0.3 is 0 Å². The smallest absolute Gasteiger partial charge is 0.231 e. The van der Waals surface area contributed by atoms with Crippen molar-refractivity contribution in [2.75, 3.05) is 6.79 Å². The molecule has 2 aromatic carbocycles. The summed E-state index contributed by atoms with van der Waals surface area (Å²) in [5, 5.41) is 9.91. The molecule has 2 aromatic rings. The van der Waals surface area contributed by atoms with E-state index in [2.05, 4.69) is 0 Å². The molecule has 0 aliphatic carbocycles. The van der Waals surface area contributed by atoms with Crippen molar-refractivity contribution in [2.45, 2.75) is 0 Å². The Morgan fingerprint density at radius 3 is 2.47 bits per heavy atom. The fourth-order valence-electron chi connectivity index (χ4n) is 1.77. The van der Waals surface area contributed by atoms with E-state index in [0.29, 0.717) is 5.02 Å². The van der Waals surface area contributed by atoms with Crippen molar-refractivity contribution < 1.29 is 14.6 Å². The van der Waals surface area contributed by atoms with Gasteiger partial charge in [0.1, 0.15) is 5.75 Å². The van der Waals surface area contributed by atoms with Gasteiger partial charge in [0, 0.05) is 0 Å². The Kier molecular flexibility index (Phi) is 2.34. The second-order valence-electron chi connectivity index (χ2n) is 3.73. The van der Waals surface area contributed by atoms with Crippen LogP contribution in [0.15, 0.2) is 36.4 Å². The van der Waals surface area contributed by atoms with Crippen LogP contribution in [0.3, 0.4) is 0 Å². The van der Waals surface area contributed by atoms with E-state index in [1.807, 2.05) is 24.3 Å². The molecule has 0 saturated carbocycles. The second-order valence-corrected chi connectivity index (χ2v) is 4.14. The summed E-state index contributed by atoms with van der Waals surface area (Å²) in [5.41, 5.74) is 1.83. The number of halogens is 1. The number of ether oxygens (including phenoxy) is 2. The summed E-state index contributed by atoms with van der Waals surface area (Å²) in [5.74, 6) is 1.53. The normalized spacial score (nSPS) is 12.8. The van der Waals surface area contributed by atoms with E-state index < -0.39 is 0 Å². The molecule has 1 aliphatic rings. The van der Waals surface area contributed by atoms with Gasteiger partial charge in [-0.15, -0.1) is 0 Å². The van der Waals surface area contributed by atoms with Crippen LogP contribution in [0.5, 0.6) is 17.2 Å². The highest BCUT2D eigenvalue weighted by atomic mass is 35.5. The van der Waals surface area contributed by atoms with Gasteiger partial charge in [-0.25, -0.2) is 0 Å². The molecule has 0 unspecified atom stereocenters. The van der Waals surface area contributed by atoms with Crippen LogP contribution < -0.4 is 9.47 Å². The molecule has 0 spiro atoms. The van der Waals surface area contributed by atoms with Crippen molar-refractivity contribution >= 4 is 11.6 Å². The van der Waals surface area contributed by atoms with Gasteiger partial charge < -0.3 is 14.6 Å². The highest BCUT2D eigenvalue weighted by molar-refractivity contribution is 6.32. The number of aromatic hydroxyl groups is 1. The van der Waals surface area contributed by atoms with Crippen LogP contribution in [0.1, 0.15) is 0 Å². The van der Waals surface area contributed by atoms with Crippen molar-refractivity contribution in [3.63, 3.8) is 0 Å². The molecule has 4 heteroatoms. The molecule has 0 fully saturated rings. The molecular formula is C13H9ClO3. The first-order valence-electron chi connectivity index (χ1n) is 5.12. The first-order chi connectivity index (χ1) is 8.24. The van der Waals surface area contributed by atoms with Crippen LogP contribution in [0.4, 0.5) is 0 Å². The van der Waals surface area contributed by atoms with E-state index in [4.69, 9.17) is 21.1 Å². The Balaban J connectivity index is 2.06. The average molecular weight is 249 g/mol. The van der Waals surface area contributed by atoms with Crippen LogP contribution in [-0.2, 0) is 0 Å². The van der Waals surface area contributed by atoms with Gasteiger partial charge in [-0.1, -0.05) is 23.7 Å². The van der Waals surface area contributed by atoms with E-state index in [9.17, 15) is 5.11 Å². The molecule has 0 aromatic heterocycles. The van der Waals surface area contributed by atoms with E-state index in [1.165, 1.54) is 0 Å². The van der Waals surface area contributed by atoms with E-state index >= 15 is 0 Å². The summed E-state index contributed by atoms with van der Waals surface area (Å²) in [4.78, 5) is 0. The van der Waals surface area contributed by atoms with Gasteiger partial charge in [-0.2, -0.15) is 0 Å². The molecule has 86 valence electrons. The quantitative estimate of drug-likeness (QED) is 0.840. The van der Waals surface area contributed by atoms with Gasteiger partial charge in [0.15, 0.2) is 11.5 Å². The number of benzene rings is 2. The maximum Gasteiger partial charge on any atom is 0.231 e. The molecule has 1 N–H and O–H groups in total. The number of fused-ring (bicyclic) bond motifs is 1. The number of rotatable bonds is 1. The summed E-state index contributed by atoms with van der Waals surface area (Å²) in [6, 6.07) is 10.8. The average Bonchev–Trinajstić information content (AvgIpc) is 2.79. The molecular weight excluding hydrogens is 240 g/mol. The lowest BCUT2D eigenvalue weighted by atomic mass is 10.0. The Morgan fingerprint density at radius 1 is 0.941 bits per heavy atom. The molecule has 17 heavy (non-hydrogen) atoms. The number of hydrogen-bond acceptors (Lipinski definition) is 3. The third-order valence-corrected chi connectivity index (χ3v) is 2.97. The lowest BCUT2D eigenvalue weighted by Crippen LogP contribution is -1.92. The Hall–Kier alpha value is -1.87. The van der Waals surface area contributed by atoms with E-state index in [1.54, 1.807) is 12.1 Å². The predicted octanol–water partition coefficient (Wildman–Crippen LogP) is 3.44. The minimum atomic E-state index is 0.0711. The molecule has 3 rings (SSSR count). The molecule has 0 amide bonds. The maximum atomic E-state index is 9.57. The number of phenolic OH excluding ortho intramolecular Hbond substituents is 1.